The number of benzene rings is 1. The van der Waals surface area contributed by atoms with Gasteiger partial charge in [-0.1, -0.05) is 6.07 Å². The number of fused-ring (bicyclic) bond motifs is 1. The van der Waals surface area contributed by atoms with Gasteiger partial charge in [0.05, 0.1) is 5.69 Å². The van der Waals surface area contributed by atoms with Crippen LogP contribution >= 0.6 is 0 Å². The van der Waals surface area contributed by atoms with Gasteiger partial charge >= 0.3 is 0 Å². The van der Waals surface area contributed by atoms with Crippen LogP contribution in [0.15, 0.2) is 36.7 Å². The number of nitrogens with one attached hydrogen (secondary N) is 1. The second-order valence-corrected chi connectivity index (χ2v) is 3.47. The van der Waals surface area contributed by atoms with Crippen molar-refractivity contribution in [2.75, 3.05) is 11.9 Å². The SMILES string of the molecule is c1cnn(-c2ccc3c(c2)NCC3)c1. The molecule has 0 aliphatic carbocycles. The van der Waals surface area contributed by atoms with Gasteiger partial charge in [-0.25, -0.2) is 4.68 Å². The van der Waals surface area contributed by atoms with Crippen molar-refractivity contribution in [2.45, 2.75) is 6.42 Å². The molecule has 1 aromatic heterocycles. The van der Waals surface area contributed by atoms with Crippen LogP contribution in [0.3, 0.4) is 0 Å². The van der Waals surface area contributed by atoms with Gasteiger partial charge in [0.15, 0.2) is 0 Å². The highest BCUT2D eigenvalue weighted by molar-refractivity contribution is 5.60. The zero-order valence-electron chi connectivity index (χ0n) is 7.77. The van der Waals surface area contributed by atoms with Crippen LogP contribution in [0.25, 0.3) is 5.69 Å². The Morgan fingerprint density at radius 2 is 2.36 bits per heavy atom. The van der Waals surface area contributed by atoms with E-state index in [2.05, 4.69) is 28.6 Å². The lowest BCUT2D eigenvalue weighted by molar-refractivity contribution is 0.880. The van der Waals surface area contributed by atoms with Gasteiger partial charge in [-0.2, -0.15) is 5.10 Å². The maximum Gasteiger partial charge on any atom is 0.0666 e. The Hall–Kier alpha value is -1.77. The minimum absolute atomic E-state index is 1.05. The van der Waals surface area contributed by atoms with Gasteiger partial charge in [-0.05, 0) is 30.2 Å². The Morgan fingerprint density at radius 3 is 3.21 bits per heavy atom. The molecule has 0 spiro atoms. The Labute approximate surface area is 82.4 Å². The molecule has 0 amide bonds. The molecule has 1 aliphatic rings. The Kier molecular flexibility index (Phi) is 1.56. The number of nitrogens with zero attached hydrogens (tertiary/aromatic N) is 2. The molecule has 0 fully saturated rings. The average molecular weight is 185 g/mol. The zero-order chi connectivity index (χ0) is 9.38. The lowest BCUT2D eigenvalue weighted by Crippen LogP contribution is -1.95. The van der Waals surface area contributed by atoms with Gasteiger partial charge in [0.1, 0.15) is 0 Å². The summed E-state index contributed by atoms with van der Waals surface area (Å²) in [6.45, 7) is 1.05. The Morgan fingerprint density at radius 1 is 1.36 bits per heavy atom. The molecule has 2 aromatic rings. The van der Waals surface area contributed by atoms with Crippen molar-refractivity contribution in [1.82, 2.24) is 9.78 Å². The molecule has 0 radical (unpaired) electrons. The van der Waals surface area contributed by atoms with Crippen LogP contribution in [-0.2, 0) is 6.42 Å². The summed E-state index contributed by atoms with van der Waals surface area (Å²) in [6.07, 6.45) is 4.88. The monoisotopic (exact) mass is 185 g/mol. The molecule has 3 rings (SSSR count). The van der Waals surface area contributed by atoms with Gasteiger partial charge < -0.3 is 5.32 Å². The Balaban J connectivity index is 2.09. The minimum atomic E-state index is 1.05. The highest BCUT2D eigenvalue weighted by Crippen LogP contribution is 2.24. The lowest BCUT2D eigenvalue weighted by atomic mass is 10.1. The minimum Gasteiger partial charge on any atom is -0.384 e. The maximum absolute atomic E-state index is 4.20. The number of anilines is 1. The summed E-state index contributed by atoms with van der Waals surface area (Å²) in [6, 6.07) is 8.36. The standard InChI is InChI=1S/C11H11N3/c1-5-13-14(7-1)10-3-2-9-4-6-12-11(9)8-10/h1-3,5,7-8,12H,4,6H2. The van der Waals surface area contributed by atoms with E-state index in [-0.39, 0.29) is 0 Å². The number of hydrogen-bond acceptors (Lipinski definition) is 2. The Bertz CT molecular complexity index is 446. The molecule has 14 heavy (non-hydrogen) atoms. The van der Waals surface area contributed by atoms with E-state index >= 15 is 0 Å². The van der Waals surface area contributed by atoms with E-state index in [1.165, 1.54) is 11.3 Å². The van der Waals surface area contributed by atoms with Gasteiger partial charge in [0, 0.05) is 24.6 Å². The van der Waals surface area contributed by atoms with Gasteiger partial charge in [0.25, 0.3) is 0 Å². The summed E-state index contributed by atoms with van der Waals surface area (Å²) < 4.78 is 1.88. The second-order valence-electron chi connectivity index (χ2n) is 3.47. The van der Waals surface area contributed by atoms with Crippen LogP contribution < -0.4 is 5.32 Å². The molecule has 3 heteroatoms. The molecule has 1 aliphatic heterocycles. The smallest absolute Gasteiger partial charge is 0.0666 e. The summed E-state index contributed by atoms with van der Waals surface area (Å²) in [7, 11) is 0. The predicted octanol–water partition coefficient (Wildman–Crippen LogP) is 1.84. The molecule has 70 valence electrons. The highest BCUT2D eigenvalue weighted by Gasteiger charge is 2.10. The lowest BCUT2D eigenvalue weighted by Gasteiger charge is -2.04. The van der Waals surface area contributed by atoms with Gasteiger partial charge in [0.2, 0.25) is 0 Å². The molecule has 0 bridgehead atoms. The molecule has 2 heterocycles. The molecule has 0 saturated carbocycles. The summed E-state index contributed by atoms with van der Waals surface area (Å²) in [4.78, 5) is 0. The van der Waals surface area contributed by atoms with Crippen LogP contribution in [0, 0.1) is 0 Å². The zero-order valence-corrected chi connectivity index (χ0v) is 7.77. The van der Waals surface area contributed by atoms with Crippen molar-refractivity contribution in [3.8, 4) is 5.69 Å². The molecular formula is C11H11N3. The van der Waals surface area contributed by atoms with E-state index < -0.39 is 0 Å². The molecule has 0 unspecified atom stereocenters. The summed E-state index contributed by atoms with van der Waals surface area (Å²) in [5, 5.41) is 7.56. The summed E-state index contributed by atoms with van der Waals surface area (Å²) in [5.41, 5.74) is 3.77. The molecule has 0 saturated heterocycles. The van der Waals surface area contributed by atoms with Crippen LogP contribution in [-0.4, -0.2) is 16.3 Å². The first kappa shape index (κ1) is 7.62. The van der Waals surface area contributed by atoms with Crippen molar-refractivity contribution in [3.63, 3.8) is 0 Å². The third-order valence-electron chi connectivity index (χ3n) is 2.57. The normalized spacial score (nSPS) is 13.7. The first-order valence-corrected chi connectivity index (χ1v) is 4.80. The third kappa shape index (κ3) is 1.09. The fraction of sp³-hybridized carbons (Fsp3) is 0.182. The first-order valence-electron chi connectivity index (χ1n) is 4.80. The van der Waals surface area contributed by atoms with E-state index in [4.69, 9.17) is 0 Å². The van der Waals surface area contributed by atoms with Crippen molar-refractivity contribution in [1.29, 1.82) is 0 Å². The highest BCUT2D eigenvalue weighted by atomic mass is 15.3. The quantitative estimate of drug-likeness (QED) is 0.734. The molecule has 3 nitrogen and oxygen atoms in total. The van der Waals surface area contributed by atoms with Crippen molar-refractivity contribution in [2.24, 2.45) is 0 Å². The van der Waals surface area contributed by atoms with Crippen molar-refractivity contribution >= 4 is 5.69 Å². The van der Waals surface area contributed by atoms with Gasteiger partial charge in [-0.3, -0.25) is 0 Å². The molecular weight excluding hydrogens is 174 g/mol. The van der Waals surface area contributed by atoms with Crippen LogP contribution in [0.5, 0.6) is 0 Å². The fourth-order valence-electron chi connectivity index (χ4n) is 1.84. The van der Waals surface area contributed by atoms with Crippen molar-refractivity contribution in [3.05, 3.63) is 42.2 Å². The summed E-state index contributed by atoms with van der Waals surface area (Å²) >= 11 is 0. The van der Waals surface area contributed by atoms with Crippen LogP contribution in [0.2, 0.25) is 0 Å². The number of aromatic nitrogens is 2. The fourth-order valence-corrected chi connectivity index (χ4v) is 1.84. The predicted molar refractivity (Wildman–Crippen MR) is 55.8 cm³/mol. The van der Waals surface area contributed by atoms with E-state index in [1.54, 1.807) is 6.20 Å². The third-order valence-corrected chi connectivity index (χ3v) is 2.57. The number of hydrogen-bond donors (Lipinski definition) is 1. The molecule has 1 aromatic carbocycles. The van der Waals surface area contributed by atoms with E-state index in [1.807, 2.05) is 16.9 Å². The molecule has 0 atom stereocenters. The van der Waals surface area contributed by atoms with Gasteiger partial charge in [-0.15, -0.1) is 0 Å². The first-order chi connectivity index (χ1) is 6.93. The van der Waals surface area contributed by atoms with E-state index in [9.17, 15) is 0 Å². The van der Waals surface area contributed by atoms with E-state index in [0.717, 1.165) is 18.7 Å². The topological polar surface area (TPSA) is 29.9 Å². The number of rotatable bonds is 1. The largest absolute Gasteiger partial charge is 0.384 e. The van der Waals surface area contributed by atoms with Crippen molar-refractivity contribution < 1.29 is 0 Å². The van der Waals surface area contributed by atoms with E-state index in [0.29, 0.717) is 0 Å². The van der Waals surface area contributed by atoms with Crippen LogP contribution in [0.1, 0.15) is 5.56 Å². The second kappa shape index (κ2) is 2.87. The van der Waals surface area contributed by atoms with Crippen LogP contribution in [0.4, 0.5) is 5.69 Å². The summed E-state index contributed by atoms with van der Waals surface area (Å²) in [5.74, 6) is 0. The average Bonchev–Trinajstić information content (AvgIpc) is 2.88. The molecule has 1 N–H and O–H groups in total. The maximum atomic E-state index is 4.20.